The van der Waals surface area contributed by atoms with Gasteiger partial charge in [0.1, 0.15) is 14.8 Å². The number of hydrogen-bond donors (Lipinski definition) is 4. The van der Waals surface area contributed by atoms with Crippen molar-refractivity contribution in [1.29, 1.82) is 0 Å². The number of urea groups is 1. The molecule has 0 saturated heterocycles. The molecule has 2 unspecified atom stereocenters. The molecule has 1 spiro atoms. The van der Waals surface area contributed by atoms with E-state index in [4.69, 9.17) is 10.1 Å². The molecule has 170 valence electrons. The maximum absolute atomic E-state index is 13.1. The molecule has 31 heavy (non-hydrogen) atoms. The minimum atomic E-state index is -3.64. The van der Waals surface area contributed by atoms with E-state index in [-0.39, 0.29) is 20.3 Å². The van der Waals surface area contributed by atoms with Crippen LogP contribution in [0.2, 0.25) is 0 Å². The highest BCUT2D eigenvalue weighted by Crippen LogP contribution is 2.55. The van der Waals surface area contributed by atoms with Crippen LogP contribution in [0, 0.1) is 17.3 Å². The summed E-state index contributed by atoms with van der Waals surface area (Å²) in [5, 5.41) is 28.6. The average Bonchev–Trinajstić information content (AvgIpc) is 3.34. The number of carbonyl (C=O) groups excluding carboxylic acids is 1. The lowest BCUT2D eigenvalue weighted by atomic mass is 9.71. The Labute approximate surface area is 186 Å². The van der Waals surface area contributed by atoms with Gasteiger partial charge in [0.05, 0.1) is 12.3 Å². The molecule has 9 nitrogen and oxygen atoms in total. The van der Waals surface area contributed by atoms with Gasteiger partial charge in [-0.25, -0.2) is 19.1 Å². The van der Waals surface area contributed by atoms with E-state index in [0.717, 1.165) is 49.3 Å². The molecular weight excluding hydrogens is 438 g/mol. The average molecular weight is 468 g/mol. The van der Waals surface area contributed by atoms with Crippen LogP contribution in [0.3, 0.4) is 0 Å². The Balaban J connectivity index is 1.58. The summed E-state index contributed by atoms with van der Waals surface area (Å²) in [4.78, 5) is 21.5. The van der Waals surface area contributed by atoms with Gasteiger partial charge in [0, 0.05) is 23.4 Å². The maximum atomic E-state index is 13.1. The fourth-order valence-corrected chi connectivity index (χ4v) is 7.47. The molecule has 1 aromatic heterocycles. The second-order valence-corrected chi connectivity index (χ2v) is 12.2. The molecular formula is C20H29N5O4S2. The molecule has 2 heterocycles. The number of rotatable bonds is 4. The summed E-state index contributed by atoms with van der Waals surface area (Å²) in [7, 11) is -3.64. The molecule has 1 saturated carbocycles. The van der Waals surface area contributed by atoms with Crippen molar-refractivity contribution in [2.45, 2.75) is 62.9 Å². The quantitative estimate of drug-likeness (QED) is 0.536. The van der Waals surface area contributed by atoms with E-state index in [2.05, 4.69) is 27.7 Å². The van der Waals surface area contributed by atoms with Crippen LogP contribution in [-0.2, 0) is 22.1 Å². The van der Waals surface area contributed by atoms with Crippen molar-refractivity contribution in [1.82, 2.24) is 10.3 Å². The third-order valence-corrected chi connectivity index (χ3v) is 9.78. The summed E-state index contributed by atoms with van der Waals surface area (Å²) in [5.41, 5.74) is 0.683. The van der Waals surface area contributed by atoms with Crippen molar-refractivity contribution in [3.8, 4) is 0 Å². The molecule has 2 aliphatic carbocycles. The molecule has 3 aliphatic rings. The largest absolute Gasteiger partial charge is 0.390 e. The predicted octanol–water partition coefficient (Wildman–Crippen LogP) is 2.44. The molecule has 2 amide bonds. The zero-order valence-electron chi connectivity index (χ0n) is 17.9. The minimum Gasteiger partial charge on any atom is -0.390 e. The second-order valence-electron chi connectivity index (χ2n) is 9.17. The predicted molar refractivity (Wildman–Crippen MR) is 119 cm³/mol. The van der Waals surface area contributed by atoms with Crippen LogP contribution in [-0.4, -0.2) is 37.7 Å². The van der Waals surface area contributed by atoms with Gasteiger partial charge in [0.15, 0.2) is 9.92 Å². The monoisotopic (exact) mass is 467 g/mol. The first-order valence-electron chi connectivity index (χ1n) is 10.4. The number of aliphatic imine (C=N–C) groups is 1. The summed E-state index contributed by atoms with van der Waals surface area (Å²) in [6.45, 7) is 5.54. The number of thiazole rings is 1. The summed E-state index contributed by atoms with van der Waals surface area (Å²) < 4.78 is 16.8. The second kappa shape index (κ2) is 7.73. The Morgan fingerprint density at radius 2 is 2.23 bits per heavy atom. The van der Waals surface area contributed by atoms with Crippen LogP contribution in [0.25, 0.3) is 0 Å². The Kier molecular flexibility index (Phi) is 5.62. The molecule has 5 N–H and O–H groups in total. The molecule has 11 heteroatoms. The number of aliphatic hydroxyl groups excluding tert-OH is 1. The molecule has 1 fully saturated rings. The highest BCUT2D eigenvalue weighted by Gasteiger charge is 2.52. The first-order valence-corrected chi connectivity index (χ1v) is 12.8. The van der Waals surface area contributed by atoms with E-state index < -0.39 is 28.2 Å². The summed E-state index contributed by atoms with van der Waals surface area (Å²) in [6, 6.07) is -0.791. The van der Waals surface area contributed by atoms with E-state index in [0.29, 0.717) is 11.8 Å². The van der Waals surface area contributed by atoms with Crippen LogP contribution < -0.4 is 10.5 Å². The third kappa shape index (κ3) is 3.97. The first-order chi connectivity index (χ1) is 14.5. The van der Waals surface area contributed by atoms with Crippen molar-refractivity contribution in [2.75, 3.05) is 6.54 Å². The highest BCUT2D eigenvalue weighted by atomic mass is 32.2. The van der Waals surface area contributed by atoms with Gasteiger partial charge >= 0.3 is 6.03 Å². The van der Waals surface area contributed by atoms with Crippen molar-refractivity contribution in [3.63, 3.8) is 0 Å². The lowest BCUT2D eigenvalue weighted by Crippen LogP contribution is -2.35. The van der Waals surface area contributed by atoms with Gasteiger partial charge in [-0.3, -0.25) is 4.99 Å². The van der Waals surface area contributed by atoms with Gasteiger partial charge in [0.25, 0.3) is 0 Å². The van der Waals surface area contributed by atoms with Gasteiger partial charge in [0.2, 0.25) is 0 Å². The fraction of sp³-hybridized carbons (Fsp3) is 0.650. The summed E-state index contributed by atoms with van der Waals surface area (Å²) in [5.74, 6) is 0.870. The lowest BCUT2D eigenvalue weighted by molar-refractivity contribution is 0.0779. The highest BCUT2D eigenvalue weighted by molar-refractivity contribution is 7.93. The first kappa shape index (κ1) is 22.5. The Bertz CT molecular complexity index is 1090. The van der Waals surface area contributed by atoms with Crippen molar-refractivity contribution in [2.24, 2.45) is 31.7 Å². The Hall–Kier alpha value is -1.66. The smallest absolute Gasteiger partial charge is 0.354 e. The molecule has 4 rings (SSSR count). The van der Waals surface area contributed by atoms with Crippen LogP contribution >= 0.6 is 11.3 Å². The van der Waals surface area contributed by atoms with E-state index in [9.17, 15) is 19.2 Å². The van der Waals surface area contributed by atoms with Gasteiger partial charge < -0.3 is 15.5 Å². The van der Waals surface area contributed by atoms with Crippen molar-refractivity contribution >= 4 is 33.0 Å². The SMILES string of the molecule is C[C@@H]1CCC23C=C(NC(=O)N=[S@@](N)(=O)c4sc(C(C)(C)O)nc4CO)CC2CCN=C13. The van der Waals surface area contributed by atoms with Crippen molar-refractivity contribution < 1.29 is 19.2 Å². The van der Waals surface area contributed by atoms with Crippen LogP contribution in [0.4, 0.5) is 4.79 Å². The van der Waals surface area contributed by atoms with Gasteiger partial charge in [-0.05, 0) is 51.4 Å². The van der Waals surface area contributed by atoms with E-state index in [1.165, 1.54) is 19.6 Å². The van der Waals surface area contributed by atoms with Crippen LogP contribution in [0.1, 0.15) is 57.2 Å². The van der Waals surface area contributed by atoms with E-state index in [1.54, 1.807) is 0 Å². The minimum absolute atomic E-state index is 0.00558. The number of allylic oxidation sites excluding steroid dienone is 2. The Morgan fingerprint density at radius 3 is 2.90 bits per heavy atom. The Morgan fingerprint density at radius 1 is 1.48 bits per heavy atom. The molecule has 0 radical (unpaired) electrons. The number of nitrogens with two attached hydrogens (primary N) is 1. The topological polar surface area (TPSA) is 150 Å². The van der Waals surface area contributed by atoms with Crippen molar-refractivity contribution in [3.05, 3.63) is 22.5 Å². The molecule has 0 aromatic carbocycles. The number of aliphatic hydroxyl groups is 2. The third-order valence-electron chi connectivity index (χ3n) is 6.41. The number of amides is 2. The normalized spacial score (nSPS) is 29.5. The van der Waals surface area contributed by atoms with Crippen LogP contribution in [0.15, 0.2) is 25.3 Å². The molecule has 4 atom stereocenters. The van der Waals surface area contributed by atoms with Gasteiger partial charge in [-0.15, -0.1) is 15.7 Å². The lowest BCUT2D eigenvalue weighted by Gasteiger charge is -2.35. The maximum Gasteiger partial charge on any atom is 0.354 e. The summed E-state index contributed by atoms with van der Waals surface area (Å²) in [6.07, 6.45) is 5.94. The number of nitrogens with one attached hydrogen (secondary N) is 1. The number of nitrogens with zero attached hydrogens (tertiary/aromatic N) is 3. The number of aromatic nitrogens is 1. The molecule has 1 aliphatic heterocycles. The van der Waals surface area contributed by atoms with Gasteiger partial charge in [-0.1, -0.05) is 13.0 Å². The van der Waals surface area contributed by atoms with E-state index in [1.807, 2.05) is 0 Å². The zero-order chi connectivity index (χ0) is 22.6. The van der Waals surface area contributed by atoms with Crippen LogP contribution in [0.5, 0.6) is 0 Å². The number of hydrogen-bond acceptors (Lipinski definition) is 7. The molecule has 0 bridgehead atoms. The van der Waals surface area contributed by atoms with Gasteiger partial charge in [-0.2, -0.15) is 0 Å². The number of carbonyl (C=O) groups is 1. The molecule has 1 aromatic rings. The summed E-state index contributed by atoms with van der Waals surface area (Å²) >= 11 is 0.885. The standard InChI is InChI=1S/C20H29N5O4S2/c1-11-4-6-20-9-13(8-12(20)5-7-22-15(11)20)23-18(27)25-31(21,29)16-14(10-26)24-17(30-16)19(2,3)28/h9,11-12,26,28H,4-8,10H2,1-3H3,(H3,21,23,25,27,29)/t11-,12?,20?,31-/m1/s1. The fourth-order valence-electron chi connectivity index (χ4n) is 5.02. The van der Waals surface area contributed by atoms with E-state index >= 15 is 0 Å². The zero-order valence-corrected chi connectivity index (χ0v) is 19.6.